The van der Waals surface area contributed by atoms with E-state index in [1.807, 2.05) is 0 Å². The third-order valence-electron chi connectivity index (χ3n) is 4.03. The van der Waals surface area contributed by atoms with Gasteiger partial charge in [0.1, 0.15) is 0 Å². The summed E-state index contributed by atoms with van der Waals surface area (Å²) in [4.78, 5) is 26.5. The van der Waals surface area contributed by atoms with Gasteiger partial charge in [-0.05, 0) is 6.42 Å². The zero-order chi connectivity index (χ0) is 15.9. The van der Waals surface area contributed by atoms with Crippen LogP contribution in [-0.2, 0) is 19.4 Å². The first-order chi connectivity index (χ1) is 9.63. The molecule has 2 rings (SSSR count). The molecule has 0 spiro atoms. The standard InChI is InChI=1S/C11H18N4O5S/c1-4(16)14-7-3-21(19,20)9-5(10(17)18)2-6(8(7)9)15-11(12)13/h5-9H,2-3H2,1H3,(H,14,16)(H,17,18)(H4,12,13,15)/t5-,6+,7-,8+,9+/m0/s1. The number of aliphatic carboxylic acids is 1. The average Bonchev–Trinajstić information content (AvgIpc) is 2.76. The van der Waals surface area contributed by atoms with Crippen molar-refractivity contribution in [1.29, 1.82) is 0 Å². The highest BCUT2D eigenvalue weighted by atomic mass is 32.2. The van der Waals surface area contributed by atoms with E-state index in [9.17, 15) is 23.1 Å². The summed E-state index contributed by atoms with van der Waals surface area (Å²) in [6.45, 7) is 1.28. The molecule has 1 saturated carbocycles. The van der Waals surface area contributed by atoms with Crippen LogP contribution < -0.4 is 16.8 Å². The minimum absolute atomic E-state index is 0.0396. The van der Waals surface area contributed by atoms with Gasteiger partial charge in [0.15, 0.2) is 15.8 Å². The van der Waals surface area contributed by atoms with Gasteiger partial charge in [0, 0.05) is 18.9 Å². The molecule has 2 fully saturated rings. The number of carboxylic acids is 1. The van der Waals surface area contributed by atoms with E-state index in [1.165, 1.54) is 6.92 Å². The van der Waals surface area contributed by atoms with Crippen molar-refractivity contribution in [2.24, 2.45) is 28.3 Å². The summed E-state index contributed by atoms with van der Waals surface area (Å²) in [6.07, 6.45) is 0.0396. The summed E-state index contributed by atoms with van der Waals surface area (Å²) in [6, 6.07) is -1.30. The number of nitrogens with zero attached hydrogens (tertiary/aromatic N) is 1. The lowest BCUT2D eigenvalue weighted by atomic mass is 9.95. The molecule has 1 aliphatic carbocycles. The average molecular weight is 318 g/mol. The van der Waals surface area contributed by atoms with E-state index in [1.54, 1.807) is 0 Å². The fraction of sp³-hybridized carbons (Fsp3) is 0.727. The number of carboxylic acid groups (broad SMARTS) is 1. The van der Waals surface area contributed by atoms with Crippen molar-refractivity contribution in [1.82, 2.24) is 5.32 Å². The second-order valence-electron chi connectivity index (χ2n) is 5.48. The Bertz CT molecular complexity index is 598. The topological polar surface area (TPSA) is 165 Å². The molecular weight excluding hydrogens is 300 g/mol. The summed E-state index contributed by atoms with van der Waals surface area (Å²) in [5.74, 6) is -3.77. The van der Waals surface area contributed by atoms with Crippen LogP contribution in [0.5, 0.6) is 0 Å². The number of amides is 1. The van der Waals surface area contributed by atoms with E-state index in [0.717, 1.165) is 0 Å². The fourth-order valence-electron chi connectivity index (χ4n) is 3.47. The van der Waals surface area contributed by atoms with Crippen LogP contribution >= 0.6 is 0 Å². The minimum Gasteiger partial charge on any atom is -0.481 e. The van der Waals surface area contributed by atoms with E-state index in [4.69, 9.17) is 11.5 Å². The molecule has 0 unspecified atom stereocenters. The number of guanidine groups is 1. The Morgan fingerprint density at radius 1 is 1.33 bits per heavy atom. The smallest absolute Gasteiger partial charge is 0.307 e. The van der Waals surface area contributed by atoms with Crippen LogP contribution in [0.1, 0.15) is 13.3 Å². The number of fused-ring (bicyclic) bond motifs is 1. The summed E-state index contributed by atoms with van der Waals surface area (Å²) in [7, 11) is -3.63. The zero-order valence-electron chi connectivity index (χ0n) is 11.4. The van der Waals surface area contributed by atoms with Crippen LogP contribution in [0.3, 0.4) is 0 Å². The number of rotatable bonds is 3. The molecule has 2 aliphatic rings. The number of nitrogens with one attached hydrogen (secondary N) is 1. The van der Waals surface area contributed by atoms with Gasteiger partial charge >= 0.3 is 5.97 Å². The summed E-state index contributed by atoms with van der Waals surface area (Å²) in [5.41, 5.74) is 10.7. The molecule has 10 heteroatoms. The maximum atomic E-state index is 12.3. The van der Waals surface area contributed by atoms with Gasteiger partial charge in [-0.1, -0.05) is 0 Å². The van der Waals surface area contributed by atoms with Crippen LogP contribution in [-0.4, -0.2) is 54.4 Å². The lowest BCUT2D eigenvalue weighted by molar-refractivity contribution is -0.141. The Hall–Kier alpha value is -1.84. The molecule has 0 radical (unpaired) electrons. The lowest BCUT2D eigenvalue weighted by Crippen LogP contribution is -2.43. The summed E-state index contributed by atoms with van der Waals surface area (Å²) >= 11 is 0. The van der Waals surface area contributed by atoms with Gasteiger partial charge in [0.05, 0.1) is 23.0 Å². The lowest BCUT2D eigenvalue weighted by Gasteiger charge is -2.21. The van der Waals surface area contributed by atoms with Crippen molar-refractivity contribution in [3.63, 3.8) is 0 Å². The molecule has 9 nitrogen and oxygen atoms in total. The largest absolute Gasteiger partial charge is 0.481 e. The number of hydrogen-bond donors (Lipinski definition) is 4. The zero-order valence-corrected chi connectivity index (χ0v) is 12.2. The highest BCUT2D eigenvalue weighted by Gasteiger charge is 2.60. The van der Waals surface area contributed by atoms with Crippen molar-refractivity contribution in [2.75, 3.05) is 5.75 Å². The maximum Gasteiger partial charge on any atom is 0.307 e. The second-order valence-corrected chi connectivity index (χ2v) is 7.68. The Morgan fingerprint density at radius 2 is 1.95 bits per heavy atom. The van der Waals surface area contributed by atoms with E-state index < -0.39 is 45.0 Å². The number of sulfone groups is 1. The van der Waals surface area contributed by atoms with Crippen molar-refractivity contribution in [3.8, 4) is 0 Å². The molecule has 1 aliphatic heterocycles. The molecule has 1 heterocycles. The first-order valence-electron chi connectivity index (χ1n) is 6.43. The third-order valence-corrected chi connectivity index (χ3v) is 6.32. The predicted octanol–water partition coefficient (Wildman–Crippen LogP) is -2.35. The van der Waals surface area contributed by atoms with Crippen molar-refractivity contribution < 1.29 is 23.1 Å². The number of carbonyl (C=O) groups excluding carboxylic acids is 1. The van der Waals surface area contributed by atoms with Crippen molar-refractivity contribution >= 4 is 27.7 Å². The van der Waals surface area contributed by atoms with Gasteiger partial charge in [0.25, 0.3) is 0 Å². The predicted molar refractivity (Wildman–Crippen MR) is 74.0 cm³/mol. The molecule has 21 heavy (non-hydrogen) atoms. The molecule has 0 bridgehead atoms. The van der Waals surface area contributed by atoms with Crippen molar-refractivity contribution in [3.05, 3.63) is 0 Å². The fourth-order valence-corrected chi connectivity index (χ4v) is 6.07. The number of aliphatic imine (C=N–C) groups is 1. The Balaban J connectivity index is 2.44. The third kappa shape index (κ3) is 2.80. The van der Waals surface area contributed by atoms with Crippen LogP contribution in [0, 0.1) is 11.8 Å². The van der Waals surface area contributed by atoms with E-state index in [-0.39, 0.29) is 24.0 Å². The molecule has 0 aromatic carbocycles. The maximum absolute atomic E-state index is 12.3. The van der Waals surface area contributed by atoms with Gasteiger partial charge in [0.2, 0.25) is 5.91 Å². The molecular formula is C11H18N4O5S. The van der Waals surface area contributed by atoms with E-state index in [0.29, 0.717) is 0 Å². The molecule has 0 aromatic rings. The van der Waals surface area contributed by atoms with Crippen LogP contribution in [0.15, 0.2) is 4.99 Å². The van der Waals surface area contributed by atoms with Gasteiger partial charge < -0.3 is 21.9 Å². The van der Waals surface area contributed by atoms with Crippen LogP contribution in [0.4, 0.5) is 0 Å². The van der Waals surface area contributed by atoms with Gasteiger partial charge in [-0.15, -0.1) is 0 Å². The van der Waals surface area contributed by atoms with Gasteiger partial charge in [-0.3, -0.25) is 9.59 Å². The molecule has 118 valence electrons. The van der Waals surface area contributed by atoms with Crippen LogP contribution in [0.25, 0.3) is 0 Å². The molecule has 6 N–H and O–H groups in total. The van der Waals surface area contributed by atoms with Crippen LogP contribution in [0.2, 0.25) is 0 Å². The molecule has 1 amide bonds. The first kappa shape index (κ1) is 15.5. The normalized spacial score (nSPS) is 36.7. The Labute approximate surface area is 121 Å². The number of nitrogens with two attached hydrogens (primary N) is 2. The Morgan fingerprint density at radius 3 is 2.43 bits per heavy atom. The number of carbonyl (C=O) groups is 2. The van der Waals surface area contributed by atoms with Crippen molar-refractivity contribution in [2.45, 2.75) is 30.7 Å². The summed E-state index contributed by atoms with van der Waals surface area (Å²) < 4.78 is 24.5. The molecule has 0 aromatic heterocycles. The quantitative estimate of drug-likeness (QED) is 0.334. The SMILES string of the molecule is CC(=O)N[C@H]1CS(=O)(=O)[C@H]2[C@@H]1[C@H](N=C(N)N)C[C@@H]2C(=O)O. The Kier molecular flexibility index (Phi) is 3.83. The van der Waals surface area contributed by atoms with E-state index >= 15 is 0 Å². The second kappa shape index (κ2) is 5.17. The first-order valence-corrected chi connectivity index (χ1v) is 8.15. The van der Waals surface area contributed by atoms with E-state index in [2.05, 4.69) is 10.3 Å². The minimum atomic E-state index is -3.63. The highest BCUT2D eigenvalue weighted by Crippen LogP contribution is 2.45. The molecule has 1 saturated heterocycles. The molecule has 5 atom stereocenters. The van der Waals surface area contributed by atoms with Gasteiger partial charge in [-0.2, -0.15) is 0 Å². The monoisotopic (exact) mass is 318 g/mol. The number of hydrogen-bond acceptors (Lipinski definition) is 5. The van der Waals surface area contributed by atoms with Gasteiger partial charge in [-0.25, -0.2) is 13.4 Å². The summed E-state index contributed by atoms with van der Waals surface area (Å²) in [5, 5.41) is 10.7. The highest BCUT2D eigenvalue weighted by molar-refractivity contribution is 7.92.